The van der Waals surface area contributed by atoms with E-state index in [1.807, 2.05) is 31.3 Å². The van der Waals surface area contributed by atoms with Gasteiger partial charge in [-0.3, -0.25) is 14.5 Å². The topological polar surface area (TPSA) is 89.3 Å². The third kappa shape index (κ3) is 2.58. The lowest BCUT2D eigenvalue weighted by Gasteiger charge is -2.27. The van der Waals surface area contributed by atoms with Gasteiger partial charge in [0, 0.05) is 24.1 Å². The number of likely N-dealkylation sites (N-methyl/N-ethyl adjacent to an activating group) is 1. The number of fused-ring (bicyclic) bond motifs is 2. The molecule has 1 aromatic carbocycles. The highest BCUT2D eigenvalue weighted by atomic mass is 32.2. The van der Waals surface area contributed by atoms with Crippen LogP contribution in [0, 0.1) is 0 Å². The van der Waals surface area contributed by atoms with Crippen LogP contribution in [0.1, 0.15) is 0 Å². The largest absolute Gasteiger partial charge is 0.488 e. The predicted molar refractivity (Wildman–Crippen MR) is 102 cm³/mol. The Morgan fingerprint density at radius 2 is 2.15 bits per heavy atom. The van der Waals surface area contributed by atoms with Crippen molar-refractivity contribution in [1.29, 1.82) is 0 Å². The first-order chi connectivity index (χ1) is 13.1. The van der Waals surface area contributed by atoms with Crippen LogP contribution in [0.5, 0.6) is 5.75 Å². The summed E-state index contributed by atoms with van der Waals surface area (Å²) in [7, 11) is 0.438. The molecule has 0 radical (unpaired) electrons. The monoisotopic (exact) mass is 381 g/mol. The third-order valence-corrected chi connectivity index (χ3v) is 5.71. The normalized spacial score (nSPS) is 18.9. The lowest BCUT2D eigenvalue weighted by molar-refractivity contribution is -0.114. The summed E-state index contributed by atoms with van der Waals surface area (Å²) in [4.78, 5) is 18.1. The molecule has 9 heteroatoms. The highest BCUT2D eigenvalue weighted by Crippen LogP contribution is 2.34. The number of hydrogen-bond acceptors (Lipinski definition) is 6. The molecule has 2 aromatic heterocycles. The number of hydrogen-bond donors (Lipinski definition) is 1. The van der Waals surface area contributed by atoms with Crippen LogP contribution < -0.4 is 14.4 Å². The highest BCUT2D eigenvalue weighted by molar-refractivity contribution is 7.93. The van der Waals surface area contributed by atoms with Crippen LogP contribution in [-0.2, 0) is 15.8 Å². The molecule has 0 fully saturated rings. The van der Waals surface area contributed by atoms with Crippen molar-refractivity contribution in [3.05, 3.63) is 42.7 Å². The van der Waals surface area contributed by atoms with Gasteiger partial charge in [0.15, 0.2) is 21.8 Å². The van der Waals surface area contributed by atoms with E-state index in [-0.39, 0.29) is 5.91 Å². The van der Waals surface area contributed by atoms with E-state index in [4.69, 9.17) is 4.74 Å². The summed E-state index contributed by atoms with van der Waals surface area (Å²) in [5.74, 6) is 0.405. The first-order valence-electron chi connectivity index (χ1n) is 8.37. The highest BCUT2D eigenvalue weighted by Gasteiger charge is 2.23. The molecule has 1 amide bonds. The third-order valence-electron chi connectivity index (χ3n) is 4.65. The molecule has 2 aliphatic rings. The number of aromatic nitrogens is 3. The zero-order valence-electron chi connectivity index (χ0n) is 14.4. The fraction of sp³-hybridized carbons (Fsp3) is 0.167. The Bertz CT molecular complexity index is 1150. The van der Waals surface area contributed by atoms with Gasteiger partial charge in [0.25, 0.3) is 5.91 Å². The van der Waals surface area contributed by atoms with Gasteiger partial charge in [-0.2, -0.15) is 5.10 Å². The lowest BCUT2D eigenvalue weighted by Crippen LogP contribution is -2.28. The van der Waals surface area contributed by atoms with E-state index >= 15 is 0 Å². The van der Waals surface area contributed by atoms with Crippen molar-refractivity contribution in [3.63, 3.8) is 0 Å². The number of benzene rings is 1. The molecule has 5 rings (SSSR count). The summed E-state index contributed by atoms with van der Waals surface area (Å²) in [6, 6.07) is 7.81. The number of nitrogens with zero attached hydrogens (tertiary/aromatic N) is 4. The first kappa shape index (κ1) is 16.0. The molecule has 1 N–H and O–H groups in total. The number of amides is 1. The Morgan fingerprint density at radius 1 is 1.26 bits per heavy atom. The van der Waals surface area contributed by atoms with Gasteiger partial charge in [0.05, 0.1) is 35.8 Å². The van der Waals surface area contributed by atoms with Crippen molar-refractivity contribution in [3.8, 4) is 17.0 Å². The minimum Gasteiger partial charge on any atom is -0.488 e. The van der Waals surface area contributed by atoms with Crippen molar-refractivity contribution >= 4 is 38.5 Å². The molecular formula is C18H15N5O3S. The number of ether oxygens (including phenoxy) is 1. The average Bonchev–Trinajstić information content (AvgIpc) is 3.23. The summed E-state index contributed by atoms with van der Waals surface area (Å²) < 4.78 is 21.5. The second-order valence-electron chi connectivity index (χ2n) is 6.35. The molecule has 0 saturated heterocycles. The van der Waals surface area contributed by atoms with Crippen molar-refractivity contribution < 1.29 is 13.7 Å². The van der Waals surface area contributed by atoms with Crippen LogP contribution in [-0.4, -0.2) is 45.1 Å². The molecule has 0 bridgehead atoms. The van der Waals surface area contributed by atoms with Gasteiger partial charge < -0.3 is 9.64 Å². The minimum absolute atomic E-state index is 0.327. The molecule has 8 nitrogen and oxygen atoms in total. The SMILES string of the molecule is CN1CCOc2cnc(-c3ccc4c(cnn4C4=CC(=O)NS4=O)c3)cc21. The Labute approximate surface area is 157 Å². The van der Waals surface area contributed by atoms with Crippen LogP contribution in [0.4, 0.5) is 5.69 Å². The summed E-state index contributed by atoms with van der Waals surface area (Å²) in [6.07, 6.45) is 4.74. The zero-order valence-corrected chi connectivity index (χ0v) is 15.2. The van der Waals surface area contributed by atoms with E-state index in [2.05, 4.69) is 19.7 Å². The summed E-state index contributed by atoms with van der Waals surface area (Å²) in [5, 5.41) is 5.49. The number of rotatable bonds is 2. The van der Waals surface area contributed by atoms with E-state index in [1.165, 1.54) is 10.8 Å². The first-order valence-corrected chi connectivity index (χ1v) is 9.52. The molecule has 27 heavy (non-hydrogen) atoms. The second kappa shape index (κ2) is 5.92. The molecule has 4 heterocycles. The van der Waals surface area contributed by atoms with E-state index in [9.17, 15) is 9.00 Å². The number of carbonyl (C=O) groups excluding carboxylic acids is 1. The van der Waals surface area contributed by atoms with Crippen LogP contribution in [0.3, 0.4) is 0 Å². The Hall–Kier alpha value is -3.20. The Kier molecular flexibility index (Phi) is 3.51. The quantitative estimate of drug-likeness (QED) is 0.724. The van der Waals surface area contributed by atoms with Gasteiger partial charge >= 0.3 is 0 Å². The van der Waals surface area contributed by atoms with E-state index in [1.54, 1.807) is 12.4 Å². The maximum absolute atomic E-state index is 12.0. The number of nitrogens with one attached hydrogen (secondary N) is 1. The Balaban J connectivity index is 1.57. The lowest BCUT2D eigenvalue weighted by atomic mass is 10.1. The van der Waals surface area contributed by atoms with Crippen molar-refractivity contribution in [2.24, 2.45) is 0 Å². The van der Waals surface area contributed by atoms with Gasteiger partial charge in [-0.1, -0.05) is 6.07 Å². The van der Waals surface area contributed by atoms with Crippen molar-refractivity contribution in [2.45, 2.75) is 0 Å². The molecule has 1 atom stereocenters. The maximum Gasteiger partial charge on any atom is 0.258 e. The maximum atomic E-state index is 12.0. The standard InChI is InChI=1S/C18H15N5O3S/c1-22-4-5-26-16-10-19-13(7-15(16)22)11-2-3-14-12(6-11)9-20-23(14)18-8-17(24)21-27(18)25/h2-3,6-10H,4-5H2,1H3,(H,21,24). The fourth-order valence-corrected chi connectivity index (χ4v) is 4.12. The summed E-state index contributed by atoms with van der Waals surface area (Å²) in [5.41, 5.74) is 3.56. The molecule has 0 spiro atoms. The van der Waals surface area contributed by atoms with Gasteiger partial charge in [-0.25, -0.2) is 8.89 Å². The van der Waals surface area contributed by atoms with Crippen molar-refractivity contribution in [2.75, 3.05) is 25.1 Å². The molecule has 0 saturated carbocycles. The molecular weight excluding hydrogens is 366 g/mol. The smallest absolute Gasteiger partial charge is 0.258 e. The van der Waals surface area contributed by atoms with Crippen molar-refractivity contribution in [1.82, 2.24) is 19.5 Å². The zero-order chi connectivity index (χ0) is 18.5. The second-order valence-corrected chi connectivity index (χ2v) is 7.51. The fourth-order valence-electron chi connectivity index (χ4n) is 3.26. The molecule has 3 aromatic rings. The number of pyridine rings is 1. The summed E-state index contributed by atoms with van der Waals surface area (Å²) in [6.45, 7) is 1.49. The molecule has 2 aliphatic heterocycles. The summed E-state index contributed by atoms with van der Waals surface area (Å²) >= 11 is 0. The minimum atomic E-state index is -1.59. The van der Waals surface area contributed by atoms with Gasteiger partial charge in [0.2, 0.25) is 0 Å². The molecule has 136 valence electrons. The van der Waals surface area contributed by atoms with Gasteiger partial charge in [-0.05, 0) is 18.2 Å². The van der Waals surface area contributed by atoms with Crippen LogP contribution in [0.15, 0.2) is 42.7 Å². The van der Waals surface area contributed by atoms with E-state index < -0.39 is 11.0 Å². The number of carbonyl (C=O) groups is 1. The van der Waals surface area contributed by atoms with Gasteiger partial charge in [0.1, 0.15) is 6.61 Å². The van der Waals surface area contributed by atoms with Crippen LogP contribution in [0.2, 0.25) is 0 Å². The van der Waals surface area contributed by atoms with E-state index in [0.717, 1.165) is 40.1 Å². The van der Waals surface area contributed by atoms with Crippen LogP contribution >= 0.6 is 0 Å². The molecule has 1 unspecified atom stereocenters. The average molecular weight is 381 g/mol. The predicted octanol–water partition coefficient (Wildman–Crippen LogP) is 1.52. The van der Waals surface area contributed by atoms with Crippen LogP contribution in [0.25, 0.3) is 27.2 Å². The molecule has 0 aliphatic carbocycles. The number of anilines is 1. The van der Waals surface area contributed by atoms with E-state index in [0.29, 0.717) is 11.6 Å². The van der Waals surface area contributed by atoms with Gasteiger partial charge in [-0.15, -0.1) is 0 Å². The Morgan fingerprint density at radius 3 is 2.96 bits per heavy atom.